The maximum Gasteiger partial charge on any atom is 0.315 e. The van der Waals surface area contributed by atoms with E-state index in [1.807, 2.05) is 30.3 Å². The SMILES string of the molecule is O=C(NCCc1nnc(-c2ccccc2)o1)N[C@H]1CCCC[C@@H]1O. The minimum Gasteiger partial charge on any atom is -0.421 e. The Morgan fingerprint density at radius 2 is 2.00 bits per heavy atom. The van der Waals surface area contributed by atoms with Crippen molar-refractivity contribution in [2.24, 2.45) is 0 Å². The summed E-state index contributed by atoms with van der Waals surface area (Å²) in [6, 6.07) is 9.11. The second-order valence-corrected chi connectivity index (χ2v) is 5.98. The predicted molar refractivity (Wildman–Crippen MR) is 88.2 cm³/mol. The van der Waals surface area contributed by atoms with Crippen LogP contribution in [-0.2, 0) is 6.42 Å². The molecule has 0 radical (unpaired) electrons. The lowest BCUT2D eigenvalue weighted by atomic mass is 9.93. The number of aliphatic hydroxyl groups excluding tert-OH is 1. The fourth-order valence-electron chi connectivity index (χ4n) is 2.83. The van der Waals surface area contributed by atoms with Gasteiger partial charge in [0.1, 0.15) is 0 Å². The summed E-state index contributed by atoms with van der Waals surface area (Å²) < 4.78 is 5.58. The van der Waals surface area contributed by atoms with Crippen molar-refractivity contribution in [2.75, 3.05) is 6.54 Å². The quantitative estimate of drug-likeness (QED) is 0.777. The van der Waals surface area contributed by atoms with Gasteiger partial charge in [-0.25, -0.2) is 4.79 Å². The maximum absolute atomic E-state index is 11.9. The van der Waals surface area contributed by atoms with Crippen LogP contribution in [0.1, 0.15) is 31.6 Å². The highest BCUT2D eigenvalue weighted by Gasteiger charge is 2.24. The number of hydrogen-bond acceptors (Lipinski definition) is 5. The van der Waals surface area contributed by atoms with Gasteiger partial charge in [-0.1, -0.05) is 31.0 Å². The molecule has 0 unspecified atom stereocenters. The monoisotopic (exact) mass is 330 g/mol. The zero-order valence-corrected chi connectivity index (χ0v) is 13.4. The van der Waals surface area contributed by atoms with Crippen molar-refractivity contribution < 1.29 is 14.3 Å². The molecule has 1 aliphatic rings. The van der Waals surface area contributed by atoms with Gasteiger partial charge in [0.05, 0.1) is 12.1 Å². The lowest BCUT2D eigenvalue weighted by Gasteiger charge is -2.28. The lowest BCUT2D eigenvalue weighted by molar-refractivity contribution is 0.0943. The molecule has 24 heavy (non-hydrogen) atoms. The number of rotatable bonds is 5. The number of carbonyl (C=O) groups is 1. The summed E-state index contributed by atoms with van der Waals surface area (Å²) in [5.41, 5.74) is 0.869. The highest BCUT2D eigenvalue weighted by atomic mass is 16.4. The van der Waals surface area contributed by atoms with Crippen LogP contribution >= 0.6 is 0 Å². The third-order valence-corrected chi connectivity index (χ3v) is 4.16. The van der Waals surface area contributed by atoms with Crippen molar-refractivity contribution in [1.82, 2.24) is 20.8 Å². The Kier molecular flexibility index (Phi) is 5.43. The third-order valence-electron chi connectivity index (χ3n) is 4.16. The minimum atomic E-state index is -0.450. The Hall–Kier alpha value is -2.41. The van der Waals surface area contributed by atoms with Crippen molar-refractivity contribution in [3.63, 3.8) is 0 Å². The molecule has 0 aliphatic heterocycles. The van der Waals surface area contributed by atoms with E-state index in [2.05, 4.69) is 20.8 Å². The molecule has 7 nitrogen and oxygen atoms in total. The van der Waals surface area contributed by atoms with Gasteiger partial charge in [-0.05, 0) is 25.0 Å². The van der Waals surface area contributed by atoms with Gasteiger partial charge in [-0.2, -0.15) is 0 Å². The smallest absolute Gasteiger partial charge is 0.315 e. The van der Waals surface area contributed by atoms with Gasteiger partial charge in [0.25, 0.3) is 0 Å². The largest absolute Gasteiger partial charge is 0.421 e. The summed E-state index contributed by atoms with van der Waals surface area (Å²) in [7, 11) is 0. The molecule has 1 aromatic heterocycles. The molecule has 1 aromatic carbocycles. The molecule has 1 aliphatic carbocycles. The average Bonchev–Trinajstić information content (AvgIpc) is 3.07. The molecule has 0 spiro atoms. The van der Waals surface area contributed by atoms with Crippen molar-refractivity contribution in [1.29, 1.82) is 0 Å². The molecule has 1 saturated carbocycles. The Balaban J connectivity index is 1.43. The first kappa shape index (κ1) is 16.4. The van der Waals surface area contributed by atoms with E-state index in [0.29, 0.717) is 24.7 Å². The van der Waals surface area contributed by atoms with Crippen LogP contribution in [0, 0.1) is 0 Å². The van der Waals surface area contributed by atoms with E-state index < -0.39 is 6.10 Å². The van der Waals surface area contributed by atoms with Gasteiger partial charge in [0, 0.05) is 18.5 Å². The Bertz CT molecular complexity index is 659. The highest BCUT2D eigenvalue weighted by Crippen LogP contribution is 2.18. The number of aliphatic hydroxyl groups is 1. The first-order chi connectivity index (χ1) is 11.7. The second kappa shape index (κ2) is 7.92. The summed E-state index contributed by atoms with van der Waals surface area (Å²) in [5.74, 6) is 0.951. The molecule has 2 aromatic rings. The molecule has 1 fully saturated rings. The standard InChI is InChI=1S/C17H22N4O3/c22-14-9-5-4-8-13(14)19-17(23)18-11-10-15-20-21-16(24-15)12-6-2-1-3-7-12/h1-3,6-7,13-14,22H,4-5,8-11H2,(H2,18,19,23)/t13-,14-/m0/s1. The average molecular weight is 330 g/mol. The van der Waals surface area contributed by atoms with Crippen molar-refractivity contribution >= 4 is 6.03 Å². The fourth-order valence-corrected chi connectivity index (χ4v) is 2.83. The number of carbonyl (C=O) groups excluding carboxylic acids is 1. The molecule has 128 valence electrons. The van der Waals surface area contributed by atoms with Gasteiger partial charge in [0.2, 0.25) is 11.8 Å². The van der Waals surface area contributed by atoms with Crippen LogP contribution in [0.4, 0.5) is 4.79 Å². The lowest BCUT2D eigenvalue weighted by Crippen LogP contribution is -2.49. The summed E-state index contributed by atoms with van der Waals surface area (Å²) >= 11 is 0. The topological polar surface area (TPSA) is 100 Å². The van der Waals surface area contributed by atoms with E-state index >= 15 is 0 Å². The number of aromatic nitrogens is 2. The van der Waals surface area contributed by atoms with Gasteiger partial charge < -0.3 is 20.2 Å². The van der Waals surface area contributed by atoms with Crippen molar-refractivity contribution in [3.05, 3.63) is 36.2 Å². The normalized spacial score (nSPS) is 20.5. The van der Waals surface area contributed by atoms with Gasteiger partial charge in [-0.15, -0.1) is 10.2 Å². The maximum atomic E-state index is 11.9. The van der Waals surface area contributed by atoms with Crippen LogP contribution in [0.3, 0.4) is 0 Å². The Morgan fingerprint density at radius 3 is 2.79 bits per heavy atom. The molecule has 2 atom stereocenters. The predicted octanol–water partition coefficient (Wildman–Crippen LogP) is 1.88. The summed E-state index contributed by atoms with van der Waals surface area (Å²) in [6.45, 7) is 0.394. The zero-order valence-electron chi connectivity index (χ0n) is 13.4. The molecule has 2 amide bonds. The van der Waals surface area contributed by atoms with Crippen LogP contribution in [0.25, 0.3) is 11.5 Å². The first-order valence-corrected chi connectivity index (χ1v) is 8.32. The number of nitrogens with zero attached hydrogens (tertiary/aromatic N) is 2. The Labute approximate surface area is 140 Å². The van der Waals surface area contributed by atoms with Crippen LogP contribution < -0.4 is 10.6 Å². The molecule has 3 rings (SSSR count). The molecule has 0 saturated heterocycles. The molecule has 0 bridgehead atoms. The second-order valence-electron chi connectivity index (χ2n) is 5.98. The van der Waals surface area contributed by atoms with E-state index in [1.165, 1.54) is 0 Å². The summed E-state index contributed by atoms with van der Waals surface area (Å²) in [4.78, 5) is 11.9. The van der Waals surface area contributed by atoms with Crippen LogP contribution in [-0.4, -0.2) is 40.0 Å². The number of urea groups is 1. The van der Waals surface area contributed by atoms with E-state index in [-0.39, 0.29) is 12.1 Å². The van der Waals surface area contributed by atoms with Crippen LogP contribution in [0.5, 0.6) is 0 Å². The minimum absolute atomic E-state index is 0.160. The Morgan fingerprint density at radius 1 is 1.21 bits per heavy atom. The summed E-state index contributed by atoms with van der Waals surface area (Å²) in [5, 5.41) is 23.4. The van der Waals surface area contributed by atoms with Crippen molar-refractivity contribution in [2.45, 2.75) is 44.2 Å². The van der Waals surface area contributed by atoms with Gasteiger partial charge in [-0.3, -0.25) is 0 Å². The first-order valence-electron chi connectivity index (χ1n) is 8.32. The number of nitrogens with one attached hydrogen (secondary N) is 2. The van der Waals surface area contributed by atoms with Crippen LogP contribution in [0.15, 0.2) is 34.7 Å². The fraction of sp³-hybridized carbons (Fsp3) is 0.471. The molecule has 1 heterocycles. The molecular formula is C17H22N4O3. The number of amides is 2. The van der Waals surface area contributed by atoms with Gasteiger partial charge >= 0.3 is 6.03 Å². The van der Waals surface area contributed by atoms with E-state index in [4.69, 9.17) is 4.42 Å². The molecule has 3 N–H and O–H groups in total. The third kappa shape index (κ3) is 4.32. The number of benzene rings is 1. The van der Waals surface area contributed by atoms with Crippen LogP contribution in [0.2, 0.25) is 0 Å². The molecule has 7 heteroatoms. The molecular weight excluding hydrogens is 308 g/mol. The van der Waals surface area contributed by atoms with Gasteiger partial charge in [0.15, 0.2) is 0 Å². The number of hydrogen-bond donors (Lipinski definition) is 3. The zero-order chi connectivity index (χ0) is 16.8. The van der Waals surface area contributed by atoms with E-state index in [0.717, 1.165) is 31.2 Å². The van der Waals surface area contributed by atoms with E-state index in [1.54, 1.807) is 0 Å². The van der Waals surface area contributed by atoms with E-state index in [9.17, 15) is 9.90 Å². The summed E-state index contributed by atoms with van der Waals surface area (Å²) in [6.07, 6.45) is 3.62. The highest BCUT2D eigenvalue weighted by molar-refractivity contribution is 5.74. The van der Waals surface area contributed by atoms with Crippen molar-refractivity contribution in [3.8, 4) is 11.5 Å².